The highest BCUT2D eigenvalue weighted by atomic mass is 32.2. The zero-order chi connectivity index (χ0) is 17.8. The van der Waals surface area contributed by atoms with Crippen molar-refractivity contribution in [2.45, 2.75) is 17.1 Å². The van der Waals surface area contributed by atoms with Gasteiger partial charge >= 0.3 is 5.97 Å². The van der Waals surface area contributed by atoms with Gasteiger partial charge < -0.3 is 19.5 Å². The number of amides is 1. The van der Waals surface area contributed by atoms with E-state index in [9.17, 15) is 9.59 Å². The molecule has 6 nitrogen and oxygen atoms in total. The van der Waals surface area contributed by atoms with Crippen molar-refractivity contribution in [3.63, 3.8) is 0 Å². The first-order valence-corrected chi connectivity index (χ1v) is 8.51. The molecule has 1 N–H and O–H groups in total. The van der Waals surface area contributed by atoms with Crippen LogP contribution in [0.25, 0.3) is 0 Å². The zero-order valence-electron chi connectivity index (χ0n) is 13.8. The van der Waals surface area contributed by atoms with E-state index in [1.54, 1.807) is 43.3 Å². The van der Waals surface area contributed by atoms with E-state index in [0.29, 0.717) is 27.6 Å². The predicted octanol–water partition coefficient (Wildman–Crippen LogP) is 3.32. The summed E-state index contributed by atoms with van der Waals surface area (Å²) in [5, 5.41) is 2.43. The van der Waals surface area contributed by atoms with Gasteiger partial charge in [-0.05, 0) is 31.2 Å². The minimum absolute atomic E-state index is 0.178. The first kappa shape index (κ1) is 17.2. The Kier molecular flexibility index (Phi) is 5.14. The molecular formula is C18H17NO5S. The molecule has 1 aliphatic rings. The second-order valence-corrected chi connectivity index (χ2v) is 6.68. The molecule has 0 saturated heterocycles. The van der Waals surface area contributed by atoms with E-state index < -0.39 is 5.25 Å². The topological polar surface area (TPSA) is 73.9 Å². The predicted molar refractivity (Wildman–Crippen MR) is 94.3 cm³/mol. The number of thioether (sulfide) groups is 1. The number of hydrogen-bond donors (Lipinski definition) is 1. The monoisotopic (exact) mass is 359 g/mol. The molecule has 1 aliphatic heterocycles. The number of fused-ring (bicyclic) bond motifs is 1. The lowest BCUT2D eigenvalue weighted by molar-refractivity contribution is -0.139. The van der Waals surface area contributed by atoms with Crippen LogP contribution in [0.3, 0.4) is 0 Å². The van der Waals surface area contributed by atoms with E-state index in [0.717, 1.165) is 0 Å². The summed E-state index contributed by atoms with van der Waals surface area (Å²) >= 11 is 1.28. The summed E-state index contributed by atoms with van der Waals surface area (Å²) < 4.78 is 15.3. The molecule has 0 bridgehead atoms. The molecule has 0 radical (unpaired) electrons. The van der Waals surface area contributed by atoms with Gasteiger partial charge in [0, 0.05) is 16.6 Å². The van der Waals surface area contributed by atoms with Gasteiger partial charge in [0.1, 0.15) is 5.25 Å². The number of methoxy groups -OCH3 is 1. The van der Waals surface area contributed by atoms with Crippen molar-refractivity contribution in [1.29, 1.82) is 0 Å². The Morgan fingerprint density at radius 3 is 2.72 bits per heavy atom. The number of carbonyl (C=O) groups is 2. The lowest BCUT2D eigenvalue weighted by atomic mass is 10.2. The van der Waals surface area contributed by atoms with Crippen LogP contribution in [0.4, 0.5) is 5.69 Å². The van der Waals surface area contributed by atoms with Gasteiger partial charge in [-0.15, -0.1) is 11.8 Å². The normalized spacial score (nSPS) is 13.2. The van der Waals surface area contributed by atoms with Crippen LogP contribution in [0, 0.1) is 0 Å². The van der Waals surface area contributed by atoms with Crippen LogP contribution < -0.4 is 14.8 Å². The highest BCUT2D eigenvalue weighted by Gasteiger charge is 2.20. The summed E-state index contributed by atoms with van der Waals surface area (Å²) in [4.78, 5) is 25.0. The smallest absolute Gasteiger partial charge is 0.318 e. The maximum absolute atomic E-state index is 12.6. The average Bonchev–Trinajstić information content (AvgIpc) is 3.09. The second-order valence-electron chi connectivity index (χ2n) is 5.30. The van der Waals surface area contributed by atoms with E-state index >= 15 is 0 Å². The Hall–Kier alpha value is -2.67. The molecule has 0 saturated carbocycles. The van der Waals surface area contributed by atoms with Crippen molar-refractivity contribution in [2.75, 3.05) is 19.2 Å². The maximum atomic E-state index is 12.6. The SMILES string of the molecule is COC(=O)[C@@H](C)Sc1ccccc1C(=O)Nc1ccc2c(c1)OCO2. The summed E-state index contributed by atoms with van der Waals surface area (Å²) in [5.74, 6) is 0.649. The van der Waals surface area contributed by atoms with Gasteiger partial charge in [0.05, 0.1) is 12.7 Å². The Morgan fingerprint density at radius 1 is 1.16 bits per heavy atom. The van der Waals surface area contributed by atoms with Crippen LogP contribution in [0.1, 0.15) is 17.3 Å². The number of esters is 1. The molecule has 130 valence electrons. The summed E-state index contributed by atoms with van der Waals surface area (Å²) in [6.45, 7) is 1.92. The van der Waals surface area contributed by atoms with E-state index in [1.807, 2.05) is 6.07 Å². The molecule has 7 heteroatoms. The Morgan fingerprint density at radius 2 is 1.92 bits per heavy atom. The molecule has 3 rings (SSSR count). The molecule has 0 aromatic heterocycles. The third-order valence-electron chi connectivity index (χ3n) is 3.60. The number of benzene rings is 2. The van der Waals surface area contributed by atoms with Crippen LogP contribution in [0.5, 0.6) is 11.5 Å². The molecular weight excluding hydrogens is 342 g/mol. The van der Waals surface area contributed by atoms with Crippen molar-refractivity contribution in [1.82, 2.24) is 0 Å². The standard InChI is InChI=1S/C18H17NO5S/c1-11(18(21)22-2)25-16-6-4-3-5-13(16)17(20)19-12-7-8-14-15(9-12)24-10-23-14/h3-9,11H,10H2,1-2H3,(H,19,20)/t11-/m1/s1. The number of nitrogens with one attached hydrogen (secondary N) is 1. The molecule has 1 amide bonds. The third kappa shape index (κ3) is 3.88. The Bertz CT molecular complexity index is 808. The number of hydrogen-bond acceptors (Lipinski definition) is 6. The van der Waals surface area contributed by atoms with Crippen molar-refractivity contribution in [3.05, 3.63) is 48.0 Å². The maximum Gasteiger partial charge on any atom is 0.318 e. The molecule has 25 heavy (non-hydrogen) atoms. The van der Waals surface area contributed by atoms with Gasteiger partial charge in [0.2, 0.25) is 6.79 Å². The average molecular weight is 359 g/mol. The highest BCUT2D eigenvalue weighted by Crippen LogP contribution is 2.34. The van der Waals surface area contributed by atoms with Crippen LogP contribution in [-0.2, 0) is 9.53 Å². The van der Waals surface area contributed by atoms with E-state index in [2.05, 4.69) is 5.32 Å². The Balaban J connectivity index is 1.77. The van der Waals surface area contributed by atoms with Crippen molar-refractivity contribution >= 4 is 29.3 Å². The van der Waals surface area contributed by atoms with Gasteiger partial charge in [0.25, 0.3) is 5.91 Å². The molecule has 1 atom stereocenters. The van der Waals surface area contributed by atoms with Crippen molar-refractivity contribution in [2.24, 2.45) is 0 Å². The van der Waals surface area contributed by atoms with Crippen LogP contribution >= 0.6 is 11.8 Å². The van der Waals surface area contributed by atoms with Gasteiger partial charge in [-0.2, -0.15) is 0 Å². The fourth-order valence-electron chi connectivity index (χ4n) is 2.33. The number of carbonyl (C=O) groups excluding carboxylic acids is 2. The minimum atomic E-state index is -0.413. The summed E-state index contributed by atoms with van der Waals surface area (Å²) in [6, 6.07) is 12.3. The lowest BCUT2D eigenvalue weighted by Crippen LogP contribution is -2.17. The zero-order valence-corrected chi connectivity index (χ0v) is 14.6. The van der Waals surface area contributed by atoms with Gasteiger partial charge in [-0.25, -0.2) is 0 Å². The molecule has 2 aromatic carbocycles. The highest BCUT2D eigenvalue weighted by molar-refractivity contribution is 8.00. The first-order valence-electron chi connectivity index (χ1n) is 7.63. The van der Waals surface area contributed by atoms with Crippen molar-refractivity contribution < 1.29 is 23.8 Å². The summed E-state index contributed by atoms with van der Waals surface area (Å²) in [5.41, 5.74) is 1.09. The van der Waals surface area contributed by atoms with Gasteiger partial charge in [-0.1, -0.05) is 12.1 Å². The fourth-order valence-corrected chi connectivity index (χ4v) is 3.35. The lowest BCUT2D eigenvalue weighted by Gasteiger charge is -2.13. The van der Waals surface area contributed by atoms with E-state index in [1.165, 1.54) is 18.9 Å². The largest absolute Gasteiger partial charge is 0.468 e. The second kappa shape index (κ2) is 7.48. The summed E-state index contributed by atoms with van der Waals surface area (Å²) in [7, 11) is 1.34. The summed E-state index contributed by atoms with van der Waals surface area (Å²) in [6.07, 6.45) is 0. The Labute approximate surface area is 149 Å². The number of anilines is 1. The molecule has 0 spiro atoms. The molecule has 0 unspecified atom stereocenters. The van der Waals surface area contributed by atoms with E-state index in [4.69, 9.17) is 14.2 Å². The molecule has 1 heterocycles. The number of ether oxygens (including phenoxy) is 3. The first-order chi connectivity index (χ1) is 12.1. The van der Waals surface area contributed by atoms with Crippen molar-refractivity contribution in [3.8, 4) is 11.5 Å². The van der Waals surface area contributed by atoms with Gasteiger partial charge in [0.15, 0.2) is 11.5 Å². The fraction of sp³-hybridized carbons (Fsp3) is 0.222. The molecule has 0 fully saturated rings. The van der Waals surface area contributed by atoms with Gasteiger partial charge in [-0.3, -0.25) is 9.59 Å². The van der Waals surface area contributed by atoms with E-state index in [-0.39, 0.29) is 18.7 Å². The third-order valence-corrected chi connectivity index (χ3v) is 4.75. The molecule has 0 aliphatic carbocycles. The minimum Gasteiger partial charge on any atom is -0.468 e. The van der Waals surface area contributed by atoms with Crippen LogP contribution in [-0.4, -0.2) is 31.0 Å². The number of rotatable bonds is 5. The molecule has 2 aromatic rings. The van der Waals surface area contributed by atoms with Crippen LogP contribution in [0.15, 0.2) is 47.4 Å². The quantitative estimate of drug-likeness (QED) is 0.652. The van der Waals surface area contributed by atoms with Crippen LogP contribution in [0.2, 0.25) is 0 Å².